The summed E-state index contributed by atoms with van der Waals surface area (Å²) in [6.07, 6.45) is 0. The Bertz CT molecular complexity index is 409. The van der Waals surface area contributed by atoms with E-state index in [1.807, 2.05) is 13.8 Å². The molecule has 0 spiro atoms. The molecule has 100 valence electrons. The molecule has 0 radical (unpaired) electrons. The topological polar surface area (TPSA) is 47.6 Å². The van der Waals surface area contributed by atoms with Gasteiger partial charge in [0.15, 0.2) is 18.2 Å². The fourth-order valence-corrected chi connectivity index (χ4v) is 1.47. The number of nitrogens with one attached hydrogen (secondary N) is 1. The molecule has 1 N–H and O–H groups in total. The Kier molecular flexibility index (Phi) is 5.58. The number of rotatable bonds is 6. The molecule has 0 saturated carbocycles. The van der Waals surface area contributed by atoms with E-state index >= 15 is 0 Å². The van der Waals surface area contributed by atoms with Crippen LogP contribution in [0.25, 0.3) is 0 Å². The molecule has 1 aromatic carbocycles. The van der Waals surface area contributed by atoms with Crippen molar-refractivity contribution >= 4 is 5.91 Å². The average molecular weight is 255 g/mol. The molecular formula is C13H18FNO3. The number of carbonyl (C=O) groups is 1. The largest absolute Gasteiger partial charge is 0.481 e. The molecule has 1 amide bonds. The van der Waals surface area contributed by atoms with E-state index in [0.717, 1.165) is 5.56 Å². The van der Waals surface area contributed by atoms with Crippen LogP contribution in [0, 0.1) is 12.7 Å². The predicted molar refractivity (Wildman–Crippen MR) is 66.1 cm³/mol. The molecule has 18 heavy (non-hydrogen) atoms. The number of benzene rings is 1. The molecule has 4 nitrogen and oxygen atoms in total. The van der Waals surface area contributed by atoms with Gasteiger partial charge in [0.2, 0.25) is 0 Å². The van der Waals surface area contributed by atoms with E-state index < -0.39 is 5.82 Å². The number of methoxy groups -OCH3 is 1. The minimum Gasteiger partial charge on any atom is -0.481 e. The van der Waals surface area contributed by atoms with Gasteiger partial charge in [-0.3, -0.25) is 4.79 Å². The summed E-state index contributed by atoms with van der Waals surface area (Å²) in [7, 11) is 1.56. The number of halogens is 1. The van der Waals surface area contributed by atoms with Crippen LogP contribution in [-0.2, 0) is 9.53 Å². The zero-order chi connectivity index (χ0) is 13.5. The maximum atomic E-state index is 13.3. The van der Waals surface area contributed by atoms with Crippen molar-refractivity contribution in [1.82, 2.24) is 5.32 Å². The Morgan fingerprint density at radius 1 is 1.50 bits per heavy atom. The normalized spacial score (nSPS) is 12.0. The Morgan fingerprint density at radius 3 is 2.89 bits per heavy atom. The molecule has 1 unspecified atom stereocenters. The predicted octanol–water partition coefficient (Wildman–Crippen LogP) is 1.66. The lowest BCUT2D eigenvalue weighted by atomic mass is 10.2. The van der Waals surface area contributed by atoms with Gasteiger partial charge in [0.25, 0.3) is 5.91 Å². The van der Waals surface area contributed by atoms with E-state index in [2.05, 4.69) is 5.32 Å². The van der Waals surface area contributed by atoms with Crippen molar-refractivity contribution in [3.8, 4) is 5.75 Å². The van der Waals surface area contributed by atoms with Crippen LogP contribution in [0.3, 0.4) is 0 Å². The maximum absolute atomic E-state index is 13.3. The molecule has 0 bridgehead atoms. The summed E-state index contributed by atoms with van der Waals surface area (Å²) in [6.45, 7) is 3.85. The number of ether oxygens (including phenoxy) is 2. The minimum absolute atomic E-state index is 0.0875. The second kappa shape index (κ2) is 6.96. The zero-order valence-corrected chi connectivity index (χ0v) is 10.8. The van der Waals surface area contributed by atoms with Crippen molar-refractivity contribution in [2.24, 2.45) is 0 Å². The minimum atomic E-state index is -0.474. The number of aryl methyl sites for hydroxylation is 1. The van der Waals surface area contributed by atoms with Crippen LogP contribution in [-0.4, -0.2) is 32.3 Å². The monoisotopic (exact) mass is 255 g/mol. The van der Waals surface area contributed by atoms with Crippen LogP contribution in [0.1, 0.15) is 12.5 Å². The Morgan fingerprint density at radius 2 is 2.22 bits per heavy atom. The van der Waals surface area contributed by atoms with Crippen LogP contribution in [0.4, 0.5) is 4.39 Å². The zero-order valence-electron chi connectivity index (χ0n) is 10.8. The molecule has 1 rings (SSSR count). The summed E-state index contributed by atoms with van der Waals surface area (Å²) in [4.78, 5) is 11.5. The highest BCUT2D eigenvalue weighted by Crippen LogP contribution is 2.17. The lowest BCUT2D eigenvalue weighted by Gasteiger charge is -2.13. The summed E-state index contributed by atoms with van der Waals surface area (Å²) in [6, 6.07) is 4.41. The lowest BCUT2D eigenvalue weighted by Crippen LogP contribution is -2.38. The van der Waals surface area contributed by atoms with E-state index in [0.29, 0.717) is 6.61 Å². The molecule has 0 aliphatic carbocycles. The fourth-order valence-electron chi connectivity index (χ4n) is 1.47. The molecule has 0 fully saturated rings. The van der Waals surface area contributed by atoms with Crippen LogP contribution in [0.2, 0.25) is 0 Å². The van der Waals surface area contributed by atoms with Gasteiger partial charge in [-0.25, -0.2) is 4.39 Å². The van der Waals surface area contributed by atoms with E-state index in [1.54, 1.807) is 19.2 Å². The lowest BCUT2D eigenvalue weighted by molar-refractivity contribution is -0.124. The van der Waals surface area contributed by atoms with Gasteiger partial charge in [-0.2, -0.15) is 0 Å². The smallest absolute Gasteiger partial charge is 0.258 e. The summed E-state index contributed by atoms with van der Waals surface area (Å²) in [5.41, 5.74) is 0.875. The molecule has 0 aliphatic heterocycles. The molecule has 0 aromatic heterocycles. The standard InChI is InChI=1S/C13H18FNO3/c1-9-4-5-11(14)12(6-9)18-8-13(16)15-10(2)7-17-3/h4-6,10H,7-8H2,1-3H3,(H,15,16). The second-order valence-electron chi connectivity index (χ2n) is 4.15. The van der Waals surface area contributed by atoms with Crippen molar-refractivity contribution < 1.29 is 18.7 Å². The van der Waals surface area contributed by atoms with Gasteiger partial charge in [-0.1, -0.05) is 6.07 Å². The van der Waals surface area contributed by atoms with Gasteiger partial charge in [-0.15, -0.1) is 0 Å². The highest BCUT2D eigenvalue weighted by Gasteiger charge is 2.09. The Hall–Kier alpha value is -1.62. The highest BCUT2D eigenvalue weighted by molar-refractivity contribution is 5.77. The van der Waals surface area contributed by atoms with Gasteiger partial charge in [0, 0.05) is 13.2 Å². The number of hydrogen-bond acceptors (Lipinski definition) is 3. The summed E-state index contributed by atoms with van der Waals surface area (Å²) in [5, 5.41) is 2.67. The maximum Gasteiger partial charge on any atom is 0.258 e. The number of carbonyl (C=O) groups excluding carboxylic acids is 1. The van der Waals surface area contributed by atoms with E-state index in [4.69, 9.17) is 9.47 Å². The van der Waals surface area contributed by atoms with Crippen molar-refractivity contribution in [1.29, 1.82) is 0 Å². The summed E-state index contributed by atoms with van der Waals surface area (Å²) >= 11 is 0. The Balaban J connectivity index is 2.45. The number of amides is 1. The molecule has 0 heterocycles. The third kappa shape index (κ3) is 4.71. The summed E-state index contributed by atoms with van der Waals surface area (Å²) < 4.78 is 23.3. The van der Waals surface area contributed by atoms with Gasteiger partial charge in [0.05, 0.1) is 6.61 Å². The molecule has 5 heteroatoms. The molecule has 1 atom stereocenters. The van der Waals surface area contributed by atoms with Crippen LogP contribution in [0.5, 0.6) is 5.75 Å². The van der Waals surface area contributed by atoms with Crippen LogP contribution in [0.15, 0.2) is 18.2 Å². The van der Waals surface area contributed by atoms with E-state index in [-0.39, 0.29) is 24.3 Å². The van der Waals surface area contributed by atoms with Gasteiger partial charge < -0.3 is 14.8 Å². The molecule has 1 aromatic rings. The quantitative estimate of drug-likeness (QED) is 0.841. The van der Waals surface area contributed by atoms with Crippen molar-refractivity contribution in [2.45, 2.75) is 19.9 Å². The number of hydrogen-bond donors (Lipinski definition) is 1. The second-order valence-corrected chi connectivity index (χ2v) is 4.15. The first-order valence-corrected chi connectivity index (χ1v) is 5.70. The fraction of sp³-hybridized carbons (Fsp3) is 0.462. The van der Waals surface area contributed by atoms with Crippen molar-refractivity contribution in [3.05, 3.63) is 29.6 Å². The van der Waals surface area contributed by atoms with E-state index in [1.165, 1.54) is 6.07 Å². The van der Waals surface area contributed by atoms with Gasteiger partial charge in [-0.05, 0) is 31.5 Å². The molecule has 0 saturated heterocycles. The van der Waals surface area contributed by atoms with Crippen molar-refractivity contribution in [3.63, 3.8) is 0 Å². The molecule has 0 aliphatic rings. The third-order valence-corrected chi connectivity index (χ3v) is 2.27. The summed E-state index contributed by atoms with van der Waals surface area (Å²) in [5.74, 6) is -0.691. The van der Waals surface area contributed by atoms with Crippen molar-refractivity contribution in [2.75, 3.05) is 20.3 Å². The molecular weight excluding hydrogens is 237 g/mol. The SMILES string of the molecule is COCC(C)NC(=O)COc1cc(C)ccc1F. The highest BCUT2D eigenvalue weighted by atomic mass is 19.1. The van der Waals surface area contributed by atoms with E-state index in [9.17, 15) is 9.18 Å². The first-order chi connectivity index (χ1) is 8.52. The van der Waals surface area contributed by atoms with Gasteiger partial charge in [0.1, 0.15) is 0 Å². The average Bonchev–Trinajstić information content (AvgIpc) is 2.30. The first-order valence-electron chi connectivity index (χ1n) is 5.70. The van der Waals surface area contributed by atoms with Crippen LogP contribution >= 0.6 is 0 Å². The third-order valence-electron chi connectivity index (χ3n) is 2.27. The Labute approximate surface area is 106 Å². The van der Waals surface area contributed by atoms with Crippen LogP contribution < -0.4 is 10.1 Å². The van der Waals surface area contributed by atoms with Gasteiger partial charge >= 0.3 is 0 Å². The first kappa shape index (κ1) is 14.4.